The Labute approximate surface area is 162 Å². The van der Waals surface area contributed by atoms with Gasteiger partial charge in [-0.3, -0.25) is 13.9 Å². The zero-order valence-electron chi connectivity index (χ0n) is 17.4. The van der Waals surface area contributed by atoms with Gasteiger partial charge in [0.05, 0.1) is 6.33 Å². The minimum atomic E-state index is -0.330. The molecule has 0 aromatic carbocycles. The monoisotopic (exact) mass is 376 g/mol. The van der Waals surface area contributed by atoms with Crippen molar-refractivity contribution in [2.45, 2.75) is 90.5 Å². The highest BCUT2D eigenvalue weighted by atomic mass is 16.2. The van der Waals surface area contributed by atoms with Crippen molar-refractivity contribution < 1.29 is 0 Å². The van der Waals surface area contributed by atoms with Crippen LogP contribution in [0.4, 0.5) is 0 Å². The van der Waals surface area contributed by atoms with E-state index in [2.05, 4.69) is 11.9 Å². The summed E-state index contributed by atoms with van der Waals surface area (Å²) >= 11 is 0. The molecule has 0 bridgehead atoms. The van der Waals surface area contributed by atoms with Gasteiger partial charge in [-0.1, -0.05) is 77.6 Å². The van der Waals surface area contributed by atoms with E-state index in [1.807, 2.05) is 4.57 Å². The summed E-state index contributed by atoms with van der Waals surface area (Å²) in [5.41, 5.74) is 0.414. The molecular formula is C21H36N4O2. The van der Waals surface area contributed by atoms with Gasteiger partial charge in [0.1, 0.15) is 0 Å². The van der Waals surface area contributed by atoms with Crippen molar-refractivity contribution in [2.75, 3.05) is 0 Å². The number of imidazole rings is 1. The molecule has 0 aliphatic heterocycles. The standard InChI is InChI=1S/C21H36N4O2/c1-4-5-6-7-8-9-10-11-12-13-14-15-16-25-17-22-19-18(25)20(26)24(3)21(27)23(19)2/h17H,4-16H2,1-3H3. The van der Waals surface area contributed by atoms with E-state index in [-0.39, 0.29) is 11.2 Å². The Kier molecular flexibility index (Phi) is 8.82. The molecule has 6 nitrogen and oxygen atoms in total. The molecule has 0 unspecified atom stereocenters. The van der Waals surface area contributed by atoms with Gasteiger partial charge in [0, 0.05) is 20.6 Å². The minimum Gasteiger partial charge on any atom is -0.325 e. The Morgan fingerprint density at radius 1 is 0.778 bits per heavy atom. The summed E-state index contributed by atoms with van der Waals surface area (Å²) in [5.74, 6) is 0. The van der Waals surface area contributed by atoms with Crippen LogP contribution in [0.25, 0.3) is 11.2 Å². The zero-order valence-corrected chi connectivity index (χ0v) is 17.4. The van der Waals surface area contributed by atoms with Crippen molar-refractivity contribution in [1.29, 1.82) is 0 Å². The third-order valence-corrected chi connectivity index (χ3v) is 5.47. The van der Waals surface area contributed by atoms with E-state index in [0.717, 1.165) is 17.5 Å². The lowest BCUT2D eigenvalue weighted by Gasteiger charge is -2.07. The van der Waals surface area contributed by atoms with Crippen LogP contribution in [0.5, 0.6) is 0 Å². The first-order valence-electron chi connectivity index (χ1n) is 10.7. The van der Waals surface area contributed by atoms with Crippen LogP contribution >= 0.6 is 0 Å². The van der Waals surface area contributed by atoms with Gasteiger partial charge in [0.25, 0.3) is 5.56 Å². The summed E-state index contributed by atoms with van der Waals surface area (Å²) in [5, 5.41) is 0. The smallest absolute Gasteiger partial charge is 0.325 e. The Hall–Kier alpha value is -1.85. The second-order valence-electron chi connectivity index (χ2n) is 7.71. The fourth-order valence-corrected chi connectivity index (χ4v) is 3.69. The normalized spacial score (nSPS) is 11.5. The molecule has 0 aliphatic carbocycles. The molecule has 2 aromatic rings. The summed E-state index contributed by atoms with van der Waals surface area (Å²) in [7, 11) is 3.18. The van der Waals surface area contributed by atoms with E-state index in [4.69, 9.17) is 0 Å². The molecule has 6 heteroatoms. The van der Waals surface area contributed by atoms with Gasteiger partial charge in [-0.05, 0) is 6.42 Å². The van der Waals surface area contributed by atoms with Gasteiger partial charge in [-0.15, -0.1) is 0 Å². The number of unbranched alkanes of at least 4 members (excludes halogenated alkanes) is 11. The molecule has 0 N–H and O–H groups in total. The number of hydrogen-bond donors (Lipinski definition) is 0. The molecule has 2 aromatic heterocycles. The number of aryl methyl sites for hydroxylation is 2. The highest BCUT2D eigenvalue weighted by Crippen LogP contribution is 2.13. The summed E-state index contributed by atoms with van der Waals surface area (Å²) in [6, 6.07) is 0. The van der Waals surface area contributed by atoms with Gasteiger partial charge in [-0.25, -0.2) is 9.78 Å². The number of hydrogen-bond acceptors (Lipinski definition) is 3. The van der Waals surface area contributed by atoms with Crippen molar-refractivity contribution in [2.24, 2.45) is 14.1 Å². The Morgan fingerprint density at radius 2 is 1.30 bits per heavy atom. The van der Waals surface area contributed by atoms with Gasteiger partial charge in [0.15, 0.2) is 11.2 Å². The van der Waals surface area contributed by atoms with Crippen molar-refractivity contribution in [3.8, 4) is 0 Å². The average molecular weight is 377 g/mol. The lowest BCUT2D eigenvalue weighted by molar-refractivity contribution is 0.530. The van der Waals surface area contributed by atoms with E-state index in [1.54, 1.807) is 13.4 Å². The highest BCUT2D eigenvalue weighted by Gasteiger charge is 2.13. The van der Waals surface area contributed by atoms with E-state index >= 15 is 0 Å². The zero-order chi connectivity index (χ0) is 19.6. The van der Waals surface area contributed by atoms with Crippen molar-refractivity contribution in [1.82, 2.24) is 18.7 Å². The van der Waals surface area contributed by atoms with Crippen molar-refractivity contribution in [3.05, 3.63) is 27.2 Å². The lowest BCUT2D eigenvalue weighted by atomic mass is 10.1. The number of nitrogens with zero attached hydrogens (tertiary/aromatic N) is 4. The van der Waals surface area contributed by atoms with E-state index in [9.17, 15) is 9.59 Å². The SMILES string of the molecule is CCCCCCCCCCCCCCn1cnc2c1c(=O)n(C)c(=O)n2C. The van der Waals surface area contributed by atoms with Crippen LogP contribution in [0.15, 0.2) is 15.9 Å². The maximum absolute atomic E-state index is 12.4. The van der Waals surface area contributed by atoms with Crippen LogP contribution in [-0.2, 0) is 20.6 Å². The van der Waals surface area contributed by atoms with Gasteiger partial charge < -0.3 is 4.57 Å². The molecule has 0 spiro atoms. The Morgan fingerprint density at radius 3 is 1.85 bits per heavy atom. The van der Waals surface area contributed by atoms with Crippen LogP contribution in [0.2, 0.25) is 0 Å². The predicted molar refractivity (Wildman–Crippen MR) is 111 cm³/mol. The van der Waals surface area contributed by atoms with Gasteiger partial charge in [-0.2, -0.15) is 0 Å². The first kappa shape index (κ1) is 21.5. The molecule has 0 fully saturated rings. The van der Waals surface area contributed by atoms with Gasteiger partial charge in [0.2, 0.25) is 0 Å². The van der Waals surface area contributed by atoms with Crippen LogP contribution in [0.1, 0.15) is 84.0 Å². The molecule has 0 saturated carbocycles. The van der Waals surface area contributed by atoms with Crippen LogP contribution in [0, 0.1) is 0 Å². The van der Waals surface area contributed by atoms with E-state index in [0.29, 0.717) is 11.2 Å². The predicted octanol–water partition coefficient (Wildman–Crippen LogP) is 4.13. The van der Waals surface area contributed by atoms with Crippen LogP contribution in [0.3, 0.4) is 0 Å². The number of rotatable bonds is 13. The molecule has 0 saturated heterocycles. The van der Waals surface area contributed by atoms with Crippen molar-refractivity contribution in [3.63, 3.8) is 0 Å². The molecule has 0 radical (unpaired) electrons. The molecule has 0 amide bonds. The van der Waals surface area contributed by atoms with Crippen LogP contribution in [-0.4, -0.2) is 18.7 Å². The molecule has 27 heavy (non-hydrogen) atoms. The molecule has 0 atom stereocenters. The first-order chi connectivity index (χ1) is 13.1. The summed E-state index contributed by atoms with van der Waals surface area (Å²) in [4.78, 5) is 28.6. The van der Waals surface area contributed by atoms with E-state index in [1.165, 1.54) is 82.2 Å². The third-order valence-electron chi connectivity index (χ3n) is 5.47. The highest BCUT2D eigenvalue weighted by molar-refractivity contribution is 5.69. The number of fused-ring (bicyclic) bond motifs is 1. The second kappa shape index (κ2) is 11.1. The largest absolute Gasteiger partial charge is 0.332 e. The Bertz CT molecular complexity index is 816. The lowest BCUT2D eigenvalue weighted by Crippen LogP contribution is -2.37. The van der Waals surface area contributed by atoms with Gasteiger partial charge >= 0.3 is 5.69 Å². The Balaban J connectivity index is 1.67. The summed E-state index contributed by atoms with van der Waals surface area (Å²) < 4.78 is 4.49. The third kappa shape index (κ3) is 5.81. The average Bonchev–Trinajstić information content (AvgIpc) is 3.09. The maximum Gasteiger partial charge on any atom is 0.332 e. The topological polar surface area (TPSA) is 61.8 Å². The molecular weight excluding hydrogens is 340 g/mol. The maximum atomic E-state index is 12.4. The second-order valence-corrected chi connectivity index (χ2v) is 7.71. The fraction of sp³-hybridized carbons (Fsp3) is 0.762. The quantitative estimate of drug-likeness (QED) is 0.494. The summed E-state index contributed by atoms with van der Waals surface area (Å²) in [6.45, 7) is 3.04. The molecule has 2 rings (SSSR count). The fourth-order valence-electron chi connectivity index (χ4n) is 3.69. The number of aromatic nitrogens is 4. The van der Waals surface area contributed by atoms with Crippen LogP contribution < -0.4 is 11.2 Å². The van der Waals surface area contributed by atoms with E-state index < -0.39 is 0 Å². The first-order valence-corrected chi connectivity index (χ1v) is 10.7. The summed E-state index contributed by atoms with van der Waals surface area (Å²) in [6.07, 6.45) is 17.4. The molecule has 0 aliphatic rings. The molecule has 152 valence electrons. The molecule has 2 heterocycles. The minimum absolute atomic E-state index is 0.260. The van der Waals surface area contributed by atoms with Crippen molar-refractivity contribution >= 4 is 11.2 Å².